The van der Waals surface area contributed by atoms with Crippen LogP contribution in [0.5, 0.6) is 0 Å². The molecule has 0 radical (unpaired) electrons. The lowest BCUT2D eigenvalue weighted by Gasteiger charge is -2.06. The molecule has 0 atom stereocenters. The summed E-state index contributed by atoms with van der Waals surface area (Å²) < 4.78 is 14.4. The molecule has 0 unspecified atom stereocenters. The van der Waals surface area contributed by atoms with E-state index in [-0.39, 0.29) is 23.5 Å². The minimum absolute atomic E-state index is 0.106. The van der Waals surface area contributed by atoms with E-state index >= 15 is 0 Å². The molecule has 3 aromatic rings. The highest BCUT2D eigenvalue weighted by atomic mass is 19.1. The van der Waals surface area contributed by atoms with Crippen molar-refractivity contribution in [3.05, 3.63) is 34.5 Å². The molecule has 102 valence electrons. The molecule has 3 N–H and O–H groups in total. The first-order chi connectivity index (χ1) is 9.56. The van der Waals surface area contributed by atoms with Crippen LogP contribution < -0.4 is 11.0 Å². The zero-order valence-electron chi connectivity index (χ0n) is 9.92. The lowest BCUT2D eigenvalue weighted by atomic mass is 10.3. The number of hydrogen-bond donors (Lipinski definition) is 3. The second-order valence-electron chi connectivity index (χ2n) is 4.03. The summed E-state index contributed by atoms with van der Waals surface area (Å²) in [4.78, 5) is 26.5. The van der Waals surface area contributed by atoms with Gasteiger partial charge < -0.3 is 10.4 Å². The first kappa shape index (κ1) is 12.1. The Morgan fingerprint density at radius 3 is 3.05 bits per heavy atom. The minimum atomic E-state index is -1.08. The van der Waals surface area contributed by atoms with Crippen molar-refractivity contribution in [3.8, 4) is 0 Å². The van der Waals surface area contributed by atoms with E-state index < -0.39 is 17.5 Å². The average Bonchev–Trinajstić information content (AvgIpc) is 2.79. The maximum atomic E-state index is 13.3. The normalized spacial score (nSPS) is 11.1. The van der Waals surface area contributed by atoms with Crippen molar-refractivity contribution in [2.45, 2.75) is 0 Å². The predicted octanol–water partition coefficient (Wildman–Crippen LogP) is 0.206. The Labute approximate surface area is 109 Å². The van der Waals surface area contributed by atoms with Crippen molar-refractivity contribution in [1.82, 2.24) is 19.6 Å². The molecule has 0 fully saturated rings. The first-order valence-electron chi connectivity index (χ1n) is 5.58. The highest BCUT2D eigenvalue weighted by molar-refractivity contribution is 5.83. The maximum Gasteiger partial charge on any atom is 0.348 e. The van der Waals surface area contributed by atoms with Crippen LogP contribution in [0.25, 0.3) is 16.7 Å². The topological polar surface area (TPSA) is 112 Å². The molecule has 0 aliphatic heterocycles. The van der Waals surface area contributed by atoms with Crippen molar-refractivity contribution in [1.29, 1.82) is 0 Å². The summed E-state index contributed by atoms with van der Waals surface area (Å²) in [5, 5.41) is 17.2. The van der Waals surface area contributed by atoms with Gasteiger partial charge in [-0.1, -0.05) is 0 Å². The van der Waals surface area contributed by atoms with Crippen LogP contribution in [0.2, 0.25) is 0 Å². The highest BCUT2D eigenvalue weighted by Gasteiger charge is 2.13. The molecule has 0 aliphatic carbocycles. The molecule has 0 spiro atoms. The Bertz CT molecular complexity index is 885. The third-order valence-corrected chi connectivity index (χ3v) is 2.70. The summed E-state index contributed by atoms with van der Waals surface area (Å²) >= 11 is 0. The van der Waals surface area contributed by atoms with Gasteiger partial charge in [0, 0.05) is 6.07 Å². The third kappa shape index (κ3) is 1.85. The lowest BCUT2D eigenvalue weighted by Crippen LogP contribution is -2.16. The summed E-state index contributed by atoms with van der Waals surface area (Å²) in [6.07, 6.45) is 0. The largest absolute Gasteiger partial charge is 0.480 e. The molecule has 0 saturated heterocycles. The molecule has 0 aliphatic rings. The Morgan fingerprint density at radius 2 is 2.30 bits per heavy atom. The number of hydrogen-bond acceptors (Lipinski definition) is 5. The van der Waals surface area contributed by atoms with Crippen LogP contribution in [0.15, 0.2) is 23.0 Å². The Hall–Kier alpha value is -2.97. The fourth-order valence-corrected chi connectivity index (χ4v) is 1.90. The van der Waals surface area contributed by atoms with Crippen LogP contribution in [0.3, 0.4) is 0 Å². The Morgan fingerprint density at radius 1 is 1.50 bits per heavy atom. The number of aromatic nitrogens is 4. The SMILES string of the molecule is O=C(O)CNc1nc2ccc(F)cc2n2c(=O)[nH]nc12. The smallest absolute Gasteiger partial charge is 0.348 e. The fourth-order valence-electron chi connectivity index (χ4n) is 1.90. The van der Waals surface area contributed by atoms with Crippen molar-refractivity contribution < 1.29 is 14.3 Å². The molecular weight excluding hydrogens is 269 g/mol. The minimum Gasteiger partial charge on any atom is -0.480 e. The van der Waals surface area contributed by atoms with Gasteiger partial charge in [0.25, 0.3) is 0 Å². The van der Waals surface area contributed by atoms with Gasteiger partial charge in [0.2, 0.25) is 5.65 Å². The standard InChI is InChI=1S/C11H8FN5O3/c12-5-1-2-6-7(3-5)17-10(15-16-11(17)20)9(14-6)13-4-8(18)19/h1-3H,4H2,(H,13,14)(H,16,20)(H,18,19). The van der Waals surface area contributed by atoms with Crippen molar-refractivity contribution in [3.63, 3.8) is 0 Å². The van der Waals surface area contributed by atoms with Crippen molar-refractivity contribution >= 4 is 28.5 Å². The van der Waals surface area contributed by atoms with E-state index in [1.807, 2.05) is 0 Å². The molecule has 1 aromatic carbocycles. The van der Waals surface area contributed by atoms with E-state index in [9.17, 15) is 14.0 Å². The number of carboxylic acids is 1. The van der Waals surface area contributed by atoms with Gasteiger partial charge in [-0.15, -0.1) is 5.10 Å². The zero-order chi connectivity index (χ0) is 14.3. The van der Waals surface area contributed by atoms with Gasteiger partial charge in [-0.05, 0) is 12.1 Å². The van der Waals surface area contributed by atoms with E-state index in [0.29, 0.717) is 5.52 Å². The van der Waals surface area contributed by atoms with E-state index in [0.717, 1.165) is 10.5 Å². The molecule has 2 heterocycles. The second-order valence-corrected chi connectivity index (χ2v) is 4.03. The monoisotopic (exact) mass is 277 g/mol. The number of aromatic amines is 1. The summed E-state index contributed by atoms with van der Waals surface area (Å²) in [7, 11) is 0. The van der Waals surface area contributed by atoms with E-state index in [2.05, 4.69) is 20.5 Å². The number of aliphatic carboxylic acids is 1. The third-order valence-electron chi connectivity index (χ3n) is 2.70. The number of H-pyrrole nitrogens is 1. The number of carbonyl (C=O) groups is 1. The van der Waals surface area contributed by atoms with E-state index in [1.54, 1.807) is 0 Å². The van der Waals surface area contributed by atoms with Crippen LogP contribution in [0.1, 0.15) is 0 Å². The van der Waals surface area contributed by atoms with Crippen molar-refractivity contribution in [2.24, 2.45) is 0 Å². The Kier molecular flexibility index (Phi) is 2.60. The average molecular weight is 277 g/mol. The molecule has 3 rings (SSSR count). The first-order valence-corrected chi connectivity index (χ1v) is 5.58. The predicted molar refractivity (Wildman–Crippen MR) is 67.2 cm³/mol. The number of nitrogens with zero attached hydrogens (tertiary/aromatic N) is 3. The summed E-state index contributed by atoms with van der Waals surface area (Å²) in [6.45, 7) is -0.379. The quantitative estimate of drug-likeness (QED) is 0.630. The Balaban J connectivity index is 2.32. The van der Waals surface area contributed by atoms with Gasteiger partial charge >= 0.3 is 11.7 Å². The molecule has 8 nitrogen and oxygen atoms in total. The van der Waals surface area contributed by atoms with Crippen molar-refractivity contribution in [2.75, 3.05) is 11.9 Å². The van der Waals surface area contributed by atoms with Gasteiger partial charge in [0.1, 0.15) is 12.4 Å². The number of carboxylic acid groups (broad SMARTS) is 1. The van der Waals surface area contributed by atoms with Crippen LogP contribution in [-0.4, -0.2) is 37.2 Å². The molecular formula is C11H8FN5O3. The molecule has 9 heteroatoms. The van der Waals surface area contributed by atoms with Gasteiger partial charge in [-0.25, -0.2) is 23.7 Å². The number of benzene rings is 1. The van der Waals surface area contributed by atoms with Crippen LogP contribution in [0.4, 0.5) is 10.2 Å². The highest BCUT2D eigenvalue weighted by Crippen LogP contribution is 2.19. The number of nitrogens with one attached hydrogen (secondary N) is 2. The molecule has 20 heavy (non-hydrogen) atoms. The number of halogens is 1. The zero-order valence-corrected chi connectivity index (χ0v) is 9.92. The fraction of sp³-hybridized carbons (Fsp3) is 0.0909. The summed E-state index contributed by atoms with van der Waals surface area (Å²) in [5.41, 5.74) is 0.139. The summed E-state index contributed by atoms with van der Waals surface area (Å²) in [6, 6.07) is 3.76. The van der Waals surface area contributed by atoms with Gasteiger partial charge in [0.15, 0.2) is 5.82 Å². The maximum absolute atomic E-state index is 13.3. The van der Waals surface area contributed by atoms with Gasteiger partial charge in [-0.2, -0.15) is 0 Å². The summed E-state index contributed by atoms with van der Waals surface area (Å²) in [5.74, 6) is -1.47. The van der Waals surface area contributed by atoms with E-state index in [1.165, 1.54) is 12.1 Å². The van der Waals surface area contributed by atoms with Gasteiger partial charge in [0.05, 0.1) is 11.0 Å². The number of rotatable bonds is 3. The molecule has 0 bridgehead atoms. The molecule has 0 amide bonds. The van der Waals surface area contributed by atoms with Crippen LogP contribution in [0, 0.1) is 5.82 Å². The second kappa shape index (κ2) is 4.30. The molecule has 0 saturated carbocycles. The van der Waals surface area contributed by atoms with Crippen LogP contribution in [-0.2, 0) is 4.79 Å². The van der Waals surface area contributed by atoms with Crippen LogP contribution >= 0.6 is 0 Å². The van der Waals surface area contributed by atoms with Gasteiger partial charge in [-0.3, -0.25) is 4.79 Å². The number of anilines is 1. The lowest BCUT2D eigenvalue weighted by molar-refractivity contribution is -0.134. The molecule has 2 aromatic heterocycles. The van der Waals surface area contributed by atoms with E-state index in [4.69, 9.17) is 5.11 Å². The number of fused-ring (bicyclic) bond motifs is 3.